The topological polar surface area (TPSA) is 75.4 Å². The molecule has 0 radical (unpaired) electrons. The third-order valence-electron chi connectivity index (χ3n) is 2.66. The molecule has 0 aliphatic rings. The number of rotatable bonds is 6. The molecule has 0 aliphatic heterocycles. The summed E-state index contributed by atoms with van der Waals surface area (Å²) in [4.78, 5) is 23.8. The lowest BCUT2D eigenvalue weighted by Gasteiger charge is -2.11. The molecule has 0 heterocycles. The number of hydrogen-bond acceptors (Lipinski definition) is 3. The van der Waals surface area contributed by atoms with Crippen molar-refractivity contribution in [2.45, 2.75) is 13.0 Å². The van der Waals surface area contributed by atoms with Gasteiger partial charge < -0.3 is 16.0 Å². The first-order valence-electron chi connectivity index (χ1n) is 5.91. The van der Waals surface area contributed by atoms with Crippen molar-refractivity contribution in [1.29, 1.82) is 0 Å². The fourth-order valence-corrected chi connectivity index (χ4v) is 1.51. The first-order valence-corrected chi connectivity index (χ1v) is 5.91. The highest BCUT2D eigenvalue weighted by Gasteiger charge is 2.07. The van der Waals surface area contributed by atoms with Gasteiger partial charge in [-0.2, -0.15) is 0 Å². The van der Waals surface area contributed by atoms with Crippen LogP contribution in [0, 0.1) is 5.82 Å². The maximum Gasteiger partial charge on any atom is 0.248 e. The number of hydrogen-bond donors (Lipinski definition) is 2. The van der Waals surface area contributed by atoms with Crippen LogP contribution in [0.3, 0.4) is 0 Å². The smallest absolute Gasteiger partial charge is 0.248 e. The zero-order chi connectivity index (χ0) is 14.4. The van der Waals surface area contributed by atoms with Gasteiger partial charge in [-0.1, -0.05) is 0 Å². The van der Waals surface area contributed by atoms with E-state index in [0.717, 1.165) is 0 Å². The minimum Gasteiger partial charge on any atom is -0.366 e. The maximum atomic E-state index is 13.5. The Hall–Kier alpha value is -1.95. The van der Waals surface area contributed by atoms with Crippen molar-refractivity contribution < 1.29 is 14.0 Å². The number of primary amides is 1. The average Bonchev–Trinajstić information content (AvgIpc) is 2.35. The molecule has 0 aromatic heterocycles. The molecular weight excluding hydrogens is 249 g/mol. The van der Waals surface area contributed by atoms with Crippen LogP contribution >= 0.6 is 0 Å². The van der Waals surface area contributed by atoms with E-state index in [1.165, 1.54) is 23.1 Å². The van der Waals surface area contributed by atoms with Gasteiger partial charge in [0.25, 0.3) is 0 Å². The van der Waals surface area contributed by atoms with Crippen LogP contribution in [0.15, 0.2) is 18.2 Å². The van der Waals surface area contributed by atoms with Gasteiger partial charge in [0.15, 0.2) is 0 Å². The summed E-state index contributed by atoms with van der Waals surface area (Å²) in [5, 5.41) is 2.95. The lowest BCUT2D eigenvalue weighted by Crippen LogP contribution is -2.26. The highest BCUT2D eigenvalue weighted by Crippen LogP contribution is 2.10. The molecule has 0 saturated heterocycles. The minimum absolute atomic E-state index is 0.00106. The zero-order valence-corrected chi connectivity index (χ0v) is 11.1. The Labute approximate surface area is 111 Å². The van der Waals surface area contributed by atoms with Gasteiger partial charge in [0, 0.05) is 44.7 Å². The number of nitrogens with zero attached hydrogens (tertiary/aromatic N) is 1. The van der Waals surface area contributed by atoms with E-state index in [2.05, 4.69) is 5.32 Å². The Morgan fingerprint density at radius 1 is 1.37 bits per heavy atom. The monoisotopic (exact) mass is 267 g/mol. The molecule has 0 aliphatic carbocycles. The number of benzene rings is 1. The molecule has 0 atom stereocenters. The second-order valence-electron chi connectivity index (χ2n) is 4.39. The van der Waals surface area contributed by atoms with Crippen LogP contribution in [0.5, 0.6) is 0 Å². The Morgan fingerprint density at radius 3 is 2.63 bits per heavy atom. The lowest BCUT2D eigenvalue weighted by molar-refractivity contribution is -0.128. The average molecular weight is 267 g/mol. The van der Waals surface area contributed by atoms with Gasteiger partial charge in [0.2, 0.25) is 11.8 Å². The molecule has 5 nitrogen and oxygen atoms in total. The summed E-state index contributed by atoms with van der Waals surface area (Å²) in [5.74, 6) is -1.00. The molecule has 104 valence electrons. The normalized spacial score (nSPS) is 10.3. The Bertz CT molecular complexity index is 475. The second kappa shape index (κ2) is 6.84. The molecule has 0 fully saturated rings. The predicted octanol–water partition coefficient (Wildman–Crippen LogP) is 0.492. The number of carbonyl (C=O) groups excluding carboxylic acids is 2. The van der Waals surface area contributed by atoms with Gasteiger partial charge in [-0.15, -0.1) is 0 Å². The maximum absolute atomic E-state index is 13.5. The lowest BCUT2D eigenvalue weighted by atomic mass is 10.1. The highest BCUT2D eigenvalue weighted by atomic mass is 19.1. The molecule has 3 N–H and O–H groups in total. The van der Waals surface area contributed by atoms with Gasteiger partial charge in [0.05, 0.1) is 0 Å². The van der Waals surface area contributed by atoms with E-state index < -0.39 is 11.7 Å². The number of nitrogens with two attached hydrogens (primary N) is 1. The summed E-state index contributed by atoms with van der Waals surface area (Å²) >= 11 is 0. The van der Waals surface area contributed by atoms with E-state index in [1.54, 1.807) is 14.1 Å². The van der Waals surface area contributed by atoms with Gasteiger partial charge in [-0.25, -0.2) is 4.39 Å². The van der Waals surface area contributed by atoms with Crippen molar-refractivity contribution in [2.24, 2.45) is 5.73 Å². The first-order chi connectivity index (χ1) is 8.91. The van der Waals surface area contributed by atoms with Crippen molar-refractivity contribution in [2.75, 3.05) is 20.6 Å². The minimum atomic E-state index is -0.593. The molecule has 1 aromatic rings. The van der Waals surface area contributed by atoms with Crippen molar-refractivity contribution in [1.82, 2.24) is 10.2 Å². The third-order valence-corrected chi connectivity index (χ3v) is 2.66. The quantitative estimate of drug-likeness (QED) is 0.737. The molecule has 1 rings (SSSR count). The summed E-state index contributed by atoms with van der Waals surface area (Å²) in [6.07, 6.45) is 0.337. The Balaban J connectivity index is 2.51. The van der Waals surface area contributed by atoms with Crippen molar-refractivity contribution in [3.8, 4) is 0 Å². The molecule has 1 aromatic carbocycles. The summed E-state index contributed by atoms with van der Waals surface area (Å²) in [5.41, 5.74) is 5.75. The first kappa shape index (κ1) is 15.1. The summed E-state index contributed by atoms with van der Waals surface area (Å²) in [6.45, 7) is 0.685. The summed E-state index contributed by atoms with van der Waals surface area (Å²) in [6, 6.07) is 3.97. The van der Waals surface area contributed by atoms with Crippen LogP contribution in [0.25, 0.3) is 0 Å². The summed E-state index contributed by atoms with van der Waals surface area (Å²) < 4.78 is 13.5. The van der Waals surface area contributed by atoms with Crippen molar-refractivity contribution in [3.05, 3.63) is 35.1 Å². The van der Waals surface area contributed by atoms with Crippen LogP contribution in [-0.4, -0.2) is 37.4 Å². The zero-order valence-electron chi connectivity index (χ0n) is 11.1. The van der Waals surface area contributed by atoms with Crippen LogP contribution in [0.4, 0.5) is 4.39 Å². The molecule has 0 bridgehead atoms. The van der Waals surface area contributed by atoms with Crippen LogP contribution in [0.2, 0.25) is 0 Å². The van der Waals surface area contributed by atoms with E-state index in [0.29, 0.717) is 18.5 Å². The van der Waals surface area contributed by atoms with Gasteiger partial charge in [-0.05, 0) is 18.2 Å². The van der Waals surface area contributed by atoms with E-state index in [4.69, 9.17) is 5.73 Å². The highest BCUT2D eigenvalue weighted by molar-refractivity contribution is 5.92. The van der Waals surface area contributed by atoms with Crippen LogP contribution in [-0.2, 0) is 11.3 Å². The van der Waals surface area contributed by atoms with E-state index in [-0.39, 0.29) is 18.0 Å². The van der Waals surface area contributed by atoms with Crippen LogP contribution in [0.1, 0.15) is 22.3 Å². The largest absolute Gasteiger partial charge is 0.366 e. The standard InChI is InChI=1S/C13H18FN3O2/c1-17(2)12(18)5-6-16-8-10-7-9(13(15)19)3-4-11(10)14/h3-4,7,16H,5-6,8H2,1-2H3,(H2,15,19). The predicted molar refractivity (Wildman–Crippen MR) is 69.9 cm³/mol. The molecule has 2 amide bonds. The summed E-state index contributed by atoms with van der Waals surface area (Å²) in [7, 11) is 3.36. The van der Waals surface area contributed by atoms with Crippen LogP contribution < -0.4 is 11.1 Å². The fraction of sp³-hybridized carbons (Fsp3) is 0.385. The fourth-order valence-electron chi connectivity index (χ4n) is 1.51. The number of amides is 2. The van der Waals surface area contributed by atoms with Gasteiger partial charge in [0.1, 0.15) is 5.82 Å². The Kier molecular flexibility index (Phi) is 5.44. The van der Waals surface area contributed by atoms with E-state index in [9.17, 15) is 14.0 Å². The van der Waals surface area contributed by atoms with Gasteiger partial charge in [-0.3, -0.25) is 9.59 Å². The molecule has 0 spiro atoms. The van der Waals surface area contributed by atoms with Gasteiger partial charge >= 0.3 is 0 Å². The molecule has 6 heteroatoms. The second-order valence-corrected chi connectivity index (χ2v) is 4.39. The molecule has 19 heavy (non-hydrogen) atoms. The molecular formula is C13H18FN3O2. The SMILES string of the molecule is CN(C)C(=O)CCNCc1cc(C(N)=O)ccc1F. The van der Waals surface area contributed by atoms with Crippen molar-refractivity contribution in [3.63, 3.8) is 0 Å². The number of halogens is 1. The molecule has 0 saturated carbocycles. The van der Waals surface area contributed by atoms with E-state index >= 15 is 0 Å². The third kappa shape index (κ3) is 4.67. The van der Waals surface area contributed by atoms with Crippen molar-refractivity contribution >= 4 is 11.8 Å². The van der Waals surface area contributed by atoms with E-state index in [1.807, 2.05) is 0 Å². The molecule has 0 unspecified atom stereocenters. The number of carbonyl (C=O) groups is 2. The Morgan fingerprint density at radius 2 is 2.05 bits per heavy atom. The number of nitrogens with one attached hydrogen (secondary N) is 1.